The van der Waals surface area contributed by atoms with Crippen molar-refractivity contribution < 1.29 is 17.2 Å². The molecule has 1 aliphatic heterocycles. The number of hydrogen-bond acceptors (Lipinski definition) is 5. The summed E-state index contributed by atoms with van der Waals surface area (Å²) in [5.74, 6) is 0.224. The number of rotatable bonds is 6. The Bertz CT molecular complexity index is 1190. The first-order valence-electron chi connectivity index (χ1n) is 9.72. The molecular weight excluding hydrogens is 418 g/mol. The maximum Gasteiger partial charge on any atom is 0.296 e. The van der Waals surface area contributed by atoms with Gasteiger partial charge in [0.1, 0.15) is 16.3 Å². The van der Waals surface area contributed by atoms with E-state index in [1.54, 1.807) is 24.3 Å². The average molecular weight is 442 g/mol. The second kappa shape index (κ2) is 8.43. The summed E-state index contributed by atoms with van der Waals surface area (Å²) >= 11 is 0. The van der Waals surface area contributed by atoms with Gasteiger partial charge in [-0.1, -0.05) is 54.1 Å². The molecule has 0 fully saturated rings. The quantitative estimate of drug-likeness (QED) is 0.396. The van der Waals surface area contributed by atoms with Crippen molar-refractivity contribution in [2.75, 3.05) is 12.4 Å². The summed E-state index contributed by atoms with van der Waals surface area (Å²) in [7, 11) is -6.47. The Kier molecular flexibility index (Phi) is 5.88. The fourth-order valence-electron chi connectivity index (χ4n) is 3.57. The lowest BCUT2D eigenvalue weighted by atomic mass is 9.96. The van der Waals surface area contributed by atoms with Crippen molar-refractivity contribution in [3.8, 4) is 0 Å². The summed E-state index contributed by atoms with van der Waals surface area (Å²) in [5, 5.41) is 0. The normalized spacial score (nSPS) is 20.9. The molecule has 0 saturated heterocycles. The van der Waals surface area contributed by atoms with Gasteiger partial charge in [0.25, 0.3) is 10.1 Å². The number of fused-ring (bicyclic) bond motifs is 1. The van der Waals surface area contributed by atoms with Gasteiger partial charge in [-0.05, 0) is 59.3 Å². The minimum absolute atomic E-state index is 0.0134. The maximum absolute atomic E-state index is 13.7. The average Bonchev–Trinajstić information content (AvgIpc) is 2.74. The standard InChI is InChI=1S/C23H23NO4S2/c1-18-11-13-21(14-12-18)30(26,27)28-16-15-19-17-29(25,20-7-3-2-4-8-20)24-23-10-6-5-9-22(19)23/h2-14,19H,15-17H2,1H3/t19-,29?/m1/s1. The van der Waals surface area contributed by atoms with Crippen molar-refractivity contribution in [2.24, 2.45) is 4.36 Å². The van der Waals surface area contributed by atoms with Crippen LogP contribution < -0.4 is 0 Å². The van der Waals surface area contributed by atoms with Gasteiger partial charge in [0, 0.05) is 5.92 Å². The van der Waals surface area contributed by atoms with Gasteiger partial charge in [-0.3, -0.25) is 4.18 Å². The molecule has 1 heterocycles. The van der Waals surface area contributed by atoms with Crippen LogP contribution in [0.5, 0.6) is 0 Å². The second-order valence-corrected chi connectivity index (χ2v) is 11.2. The van der Waals surface area contributed by atoms with Crippen molar-refractivity contribution >= 4 is 25.9 Å². The first-order chi connectivity index (χ1) is 14.4. The number of nitrogens with zero attached hydrogens (tertiary/aromatic N) is 1. The van der Waals surface area contributed by atoms with E-state index in [0.29, 0.717) is 22.8 Å². The van der Waals surface area contributed by atoms with E-state index in [1.807, 2.05) is 61.5 Å². The van der Waals surface area contributed by atoms with Gasteiger partial charge in [0.05, 0.1) is 11.5 Å². The Morgan fingerprint density at radius 1 is 1.00 bits per heavy atom. The molecule has 0 spiro atoms. The van der Waals surface area contributed by atoms with Crippen LogP contribution in [0.15, 0.2) is 93.0 Å². The molecule has 4 rings (SSSR count). The number of aryl methyl sites for hydroxylation is 1. The zero-order valence-electron chi connectivity index (χ0n) is 16.6. The summed E-state index contributed by atoms with van der Waals surface area (Å²) in [5.41, 5.74) is 2.65. The van der Waals surface area contributed by atoms with Crippen molar-refractivity contribution in [1.82, 2.24) is 0 Å². The van der Waals surface area contributed by atoms with Gasteiger partial charge < -0.3 is 4.55 Å². The third-order valence-electron chi connectivity index (χ3n) is 5.18. The molecule has 0 N–H and O–H groups in total. The van der Waals surface area contributed by atoms with Crippen LogP contribution in [0.25, 0.3) is 0 Å². The van der Waals surface area contributed by atoms with Crippen molar-refractivity contribution in [1.29, 1.82) is 0 Å². The molecule has 0 saturated carbocycles. The molecule has 156 valence electrons. The van der Waals surface area contributed by atoms with Crippen molar-refractivity contribution in [2.45, 2.75) is 29.1 Å². The highest BCUT2D eigenvalue weighted by Gasteiger charge is 2.32. The molecule has 5 nitrogen and oxygen atoms in total. The molecule has 1 aliphatic rings. The number of benzene rings is 3. The zero-order valence-corrected chi connectivity index (χ0v) is 18.2. The van der Waals surface area contributed by atoms with Crippen molar-refractivity contribution in [3.05, 3.63) is 90.0 Å². The largest absolute Gasteiger partial charge is 0.626 e. The molecule has 0 bridgehead atoms. The van der Waals surface area contributed by atoms with E-state index in [1.165, 1.54) is 0 Å². The van der Waals surface area contributed by atoms with Crippen LogP contribution in [0.3, 0.4) is 0 Å². The molecular formula is C23H23NO4S2. The Morgan fingerprint density at radius 3 is 2.40 bits per heavy atom. The van der Waals surface area contributed by atoms with Gasteiger partial charge in [-0.2, -0.15) is 8.42 Å². The van der Waals surface area contributed by atoms with Crippen molar-refractivity contribution in [3.63, 3.8) is 0 Å². The van der Waals surface area contributed by atoms with Crippen LogP contribution in [0.4, 0.5) is 5.69 Å². The Balaban J connectivity index is 1.54. The summed E-state index contributed by atoms with van der Waals surface area (Å²) in [6.45, 7) is 1.91. The third kappa shape index (κ3) is 4.39. The molecule has 3 aromatic rings. The summed E-state index contributed by atoms with van der Waals surface area (Å²) in [6, 6.07) is 23.4. The first kappa shape index (κ1) is 20.9. The van der Waals surface area contributed by atoms with Gasteiger partial charge in [-0.25, -0.2) is 0 Å². The van der Waals surface area contributed by atoms with Gasteiger partial charge >= 0.3 is 0 Å². The highest BCUT2D eigenvalue weighted by atomic mass is 32.3. The minimum Gasteiger partial charge on any atom is -0.626 e. The monoisotopic (exact) mass is 441 g/mol. The zero-order chi connectivity index (χ0) is 21.2. The van der Waals surface area contributed by atoms with Gasteiger partial charge in [0.2, 0.25) is 0 Å². The third-order valence-corrected chi connectivity index (χ3v) is 8.86. The highest BCUT2D eigenvalue weighted by Crippen LogP contribution is 2.41. The van der Waals surface area contributed by atoms with E-state index in [-0.39, 0.29) is 17.4 Å². The van der Waals surface area contributed by atoms with E-state index in [4.69, 9.17) is 4.18 Å². The maximum atomic E-state index is 13.7. The SMILES string of the molecule is Cc1ccc(S(=O)(=O)OCC[C@@H]2C[S+]([O-])(c3ccccc3)=Nc3ccccc32)cc1. The molecule has 0 radical (unpaired) electrons. The molecule has 30 heavy (non-hydrogen) atoms. The fraction of sp³-hybridized carbons (Fsp3) is 0.217. The van der Waals surface area contributed by atoms with Crippen LogP contribution in [0.1, 0.15) is 23.5 Å². The van der Waals surface area contributed by atoms with E-state index < -0.39 is 20.2 Å². The van der Waals surface area contributed by atoms with E-state index in [2.05, 4.69) is 4.36 Å². The first-order valence-corrected chi connectivity index (χ1v) is 12.8. The van der Waals surface area contributed by atoms with Crippen LogP contribution >= 0.6 is 0 Å². The fourth-order valence-corrected chi connectivity index (χ4v) is 6.82. The minimum atomic E-state index is -3.83. The summed E-state index contributed by atoms with van der Waals surface area (Å²) in [6.07, 6.45) is 0.432. The van der Waals surface area contributed by atoms with Gasteiger partial charge in [0.15, 0.2) is 0 Å². The van der Waals surface area contributed by atoms with Gasteiger partial charge in [-0.15, -0.1) is 4.36 Å². The Morgan fingerprint density at radius 2 is 1.67 bits per heavy atom. The predicted octanol–water partition coefficient (Wildman–Crippen LogP) is 5.05. The smallest absolute Gasteiger partial charge is 0.296 e. The Hall–Kier alpha value is -2.32. The lowest BCUT2D eigenvalue weighted by Gasteiger charge is -2.31. The lowest BCUT2D eigenvalue weighted by Crippen LogP contribution is -2.26. The molecule has 3 aromatic carbocycles. The molecule has 0 amide bonds. The number of hydrogen-bond donors (Lipinski definition) is 0. The van der Waals surface area contributed by atoms with E-state index in [9.17, 15) is 13.0 Å². The second-order valence-electron chi connectivity index (χ2n) is 7.35. The lowest BCUT2D eigenvalue weighted by molar-refractivity contribution is 0.303. The predicted molar refractivity (Wildman–Crippen MR) is 118 cm³/mol. The van der Waals surface area contributed by atoms with E-state index >= 15 is 0 Å². The summed E-state index contributed by atoms with van der Waals surface area (Å²) < 4.78 is 48.5. The van der Waals surface area contributed by atoms with Crippen LogP contribution in [0.2, 0.25) is 0 Å². The molecule has 7 heteroatoms. The van der Waals surface area contributed by atoms with E-state index in [0.717, 1.165) is 11.1 Å². The summed E-state index contributed by atoms with van der Waals surface area (Å²) in [4.78, 5) is 0.831. The van der Waals surface area contributed by atoms with Crippen LogP contribution in [0, 0.1) is 6.92 Å². The van der Waals surface area contributed by atoms with Crippen LogP contribution in [-0.2, 0) is 24.4 Å². The highest BCUT2D eigenvalue weighted by molar-refractivity contribution is 8.00. The molecule has 0 aromatic heterocycles. The Labute approximate surface area is 178 Å². The molecule has 0 aliphatic carbocycles. The molecule has 2 atom stereocenters. The topological polar surface area (TPSA) is 78.8 Å². The van der Waals surface area contributed by atoms with Crippen LogP contribution in [-0.4, -0.2) is 25.3 Å². The molecule has 1 unspecified atom stereocenters.